The van der Waals surface area contributed by atoms with Crippen molar-refractivity contribution in [2.24, 2.45) is 5.73 Å². The van der Waals surface area contributed by atoms with Gasteiger partial charge in [-0.05, 0) is 48.6 Å². The number of ether oxygens (including phenoxy) is 2. The van der Waals surface area contributed by atoms with Crippen LogP contribution in [0, 0.1) is 18.3 Å². The summed E-state index contributed by atoms with van der Waals surface area (Å²) in [7, 11) is 0. The summed E-state index contributed by atoms with van der Waals surface area (Å²) in [5.41, 5.74) is 10.2. The Hall–Kier alpha value is -3.95. The van der Waals surface area contributed by atoms with E-state index in [1.165, 1.54) is 6.08 Å². The molecule has 1 unspecified atom stereocenters. The first-order valence-corrected chi connectivity index (χ1v) is 11.5. The van der Waals surface area contributed by atoms with Crippen LogP contribution in [0.15, 0.2) is 89.2 Å². The average molecular weight is 455 g/mol. The zero-order valence-corrected chi connectivity index (χ0v) is 19.1. The van der Waals surface area contributed by atoms with Gasteiger partial charge in [-0.25, -0.2) is 4.79 Å². The third kappa shape index (κ3) is 4.94. The van der Waals surface area contributed by atoms with Gasteiger partial charge in [0, 0.05) is 22.6 Å². The van der Waals surface area contributed by atoms with E-state index in [9.17, 15) is 10.1 Å². The molecule has 2 N–H and O–H groups in total. The number of fused-ring (bicyclic) bond motifs is 1. The van der Waals surface area contributed by atoms with Crippen LogP contribution < -0.4 is 15.2 Å². The fourth-order valence-electron chi connectivity index (χ4n) is 3.63. The molecule has 0 spiro atoms. The van der Waals surface area contributed by atoms with Gasteiger partial charge in [-0.15, -0.1) is 11.8 Å². The maximum Gasteiger partial charge on any atom is 0.336 e. The zero-order chi connectivity index (χ0) is 23.4. The molecular weight excluding hydrogens is 432 g/mol. The van der Waals surface area contributed by atoms with E-state index >= 15 is 0 Å². The molecular formula is C27H22N2O3S. The third-order valence-corrected chi connectivity index (χ3v) is 6.09. The molecule has 0 saturated heterocycles. The number of hydrogen-bond acceptors (Lipinski definition) is 6. The van der Waals surface area contributed by atoms with Gasteiger partial charge >= 0.3 is 5.97 Å². The summed E-state index contributed by atoms with van der Waals surface area (Å²) in [4.78, 5) is 13.4. The summed E-state index contributed by atoms with van der Waals surface area (Å²) in [6.07, 6.45) is 5.09. The van der Waals surface area contributed by atoms with Crippen LogP contribution >= 0.6 is 11.8 Å². The summed E-state index contributed by atoms with van der Waals surface area (Å²) in [6.45, 7) is 2.01. The van der Waals surface area contributed by atoms with Crippen LogP contribution in [0.2, 0.25) is 0 Å². The fraction of sp³-hybridized carbons (Fsp3) is 0.111. The molecule has 3 aromatic carbocycles. The van der Waals surface area contributed by atoms with Gasteiger partial charge in [-0.2, -0.15) is 5.26 Å². The van der Waals surface area contributed by atoms with Gasteiger partial charge in [0.25, 0.3) is 0 Å². The lowest BCUT2D eigenvalue weighted by molar-refractivity contribution is -0.128. The molecule has 0 bridgehead atoms. The van der Waals surface area contributed by atoms with E-state index in [4.69, 9.17) is 15.2 Å². The molecule has 6 heteroatoms. The van der Waals surface area contributed by atoms with Crippen molar-refractivity contribution >= 4 is 23.8 Å². The number of carbonyl (C=O) groups excluding carboxylic acids is 1. The second-order valence-electron chi connectivity index (χ2n) is 7.56. The van der Waals surface area contributed by atoms with Crippen LogP contribution in [-0.4, -0.2) is 12.2 Å². The van der Waals surface area contributed by atoms with Crippen LogP contribution in [0.3, 0.4) is 0 Å². The van der Waals surface area contributed by atoms with Gasteiger partial charge < -0.3 is 15.2 Å². The van der Waals surface area contributed by atoms with Crippen molar-refractivity contribution in [2.45, 2.75) is 17.7 Å². The molecule has 1 aliphatic rings. The number of thioether (sulfide) groups is 1. The van der Waals surface area contributed by atoms with E-state index in [2.05, 4.69) is 6.07 Å². The highest BCUT2D eigenvalue weighted by atomic mass is 32.2. The Bertz CT molecular complexity index is 1290. The van der Waals surface area contributed by atoms with Gasteiger partial charge in [0.05, 0.1) is 5.92 Å². The average Bonchev–Trinajstić information content (AvgIpc) is 2.83. The van der Waals surface area contributed by atoms with E-state index in [1.54, 1.807) is 36.0 Å². The second-order valence-corrected chi connectivity index (χ2v) is 8.44. The van der Waals surface area contributed by atoms with Crippen molar-refractivity contribution in [3.05, 3.63) is 107 Å². The van der Waals surface area contributed by atoms with Crippen molar-refractivity contribution < 1.29 is 14.3 Å². The molecule has 1 atom stereocenters. The van der Waals surface area contributed by atoms with Crippen LogP contribution in [0.25, 0.3) is 6.08 Å². The fourth-order valence-corrected chi connectivity index (χ4v) is 4.04. The highest BCUT2D eigenvalue weighted by Crippen LogP contribution is 2.43. The van der Waals surface area contributed by atoms with Crippen LogP contribution in [0.5, 0.6) is 11.5 Å². The second kappa shape index (κ2) is 9.68. The first-order valence-electron chi connectivity index (χ1n) is 10.3. The molecule has 164 valence electrons. The Balaban J connectivity index is 1.58. The Morgan fingerprint density at radius 2 is 1.85 bits per heavy atom. The topological polar surface area (TPSA) is 85.3 Å². The standard InChI is InChI=1S/C27H22N2O3S/c1-17-3-5-18(6-4-17)7-14-25(30)31-20-10-13-22-24(15-20)32-27(29)23(16-28)26(22)19-8-11-21(33-2)12-9-19/h3-15,26H,29H2,1-2H3/b14-7+. The molecule has 4 rings (SSSR count). The number of esters is 1. The normalized spacial score (nSPS) is 15.0. The highest BCUT2D eigenvalue weighted by molar-refractivity contribution is 7.98. The molecule has 33 heavy (non-hydrogen) atoms. The molecule has 5 nitrogen and oxygen atoms in total. The summed E-state index contributed by atoms with van der Waals surface area (Å²) in [5, 5.41) is 9.71. The summed E-state index contributed by atoms with van der Waals surface area (Å²) < 4.78 is 11.2. The Morgan fingerprint density at radius 1 is 1.12 bits per heavy atom. The Kier molecular flexibility index (Phi) is 6.53. The first kappa shape index (κ1) is 22.3. The number of hydrogen-bond donors (Lipinski definition) is 1. The summed E-state index contributed by atoms with van der Waals surface area (Å²) in [6, 6.07) is 23.1. The van der Waals surface area contributed by atoms with Gasteiger partial charge in [-0.1, -0.05) is 48.0 Å². The number of rotatable bonds is 5. The van der Waals surface area contributed by atoms with Crippen molar-refractivity contribution in [3.8, 4) is 17.6 Å². The number of allylic oxidation sites excluding steroid dienone is 1. The van der Waals surface area contributed by atoms with E-state index in [1.807, 2.05) is 61.7 Å². The molecule has 0 saturated carbocycles. The lowest BCUT2D eigenvalue weighted by Crippen LogP contribution is -2.21. The highest BCUT2D eigenvalue weighted by Gasteiger charge is 2.31. The summed E-state index contributed by atoms with van der Waals surface area (Å²) in [5.74, 6) is -0.0282. The maximum absolute atomic E-state index is 12.3. The number of carbonyl (C=O) groups is 1. The van der Waals surface area contributed by atoms with Crippen molar-refractivity contribution in [1.82, 2.24) is 0 Å². The van der Waals surface area contributed by atoms with Crippen molar-refractivity contribution in [2.75, 3.05) is 6.26 Å². The molecule has 0 amide bonds. The number of nitrogens with zero attached hydrogens (tertiary/aromatic N) is 1. The van der Waals surface area contributed by atoms with Crippen molar-refractivity contribution in [3.63, 3.8) is 0 Å². The minimum Gasteiger partial charge on any atom is -0.440 e. The maximum atomic E-state index is 12.3. The number of nitriles is 1. The molecule has 0 fully saturated rings. The summed E-state index contributed by atoms with van der Waals surface area (Å²) >= 11 is 1.65. The van der Waals surface area contributed by atoms with Crippen LogP contribution in [0.4, 0.5) is 0 Å². The zero-order valence-electron chi connectivity index (χ0n) is 18.2. The molecule has 1 aliphatic heterocycles. The van der Waals surface area contributed by atoms with Crippen LogP contribution in [-0.2, 0) is 4.79 Å². The minimum absolute atomic E-state index is 0.0479. The smallest absolute Gasteiger partial charge is 0.336 e. The minimum atomic E-state index is -0.503. The van der Waals surface area contributed by atoms with Crippen molar-refractivity contribution in [1.29, 1.82) is 5.26 Å². The largest absolute Gasteiger partial charge is 0.440 e. The van der Waals surface area contributed by atoms with Gasteiger partial charge in [0.1, 0.15) is 23.1 Å². The van der Waals surface area contributed by atoms with Gasteiger partial charge in [-0.3, -0.25) is 0 Å². The number of benzene rings is 3. The van der Waals surface area contributed by atoms with Crippen LogP contribution in [0.1, 0.15) is 28.2 Å². The molecule has 0 aliphatic carbocycles. The van der Waals surface area contributed by atoms with E-state index < -0.39 is 5.97 Å². The first-order chi connectivity index (χ1) is 16.0. The third-order valence-electron chi connectivity index (χ3n) is 5.35. The quantitative estimate of drug-likeness (QED) is 0.235. The van der Waals surface area contributed by atoms with Gasteiger partial charge in [0.15, 0.2) is 0 Å². The lowest BCUT2D eigenvalue weighted by Gasteiger charge is -2.26. The lowest BCUT2D eigenvalue weighted by atomic mass is 9.83. The number of nitrogens with two attached hydrogens (primary N) is 1. The van der Waals surface area contributed by atoms with E-state index in [0.717, 1.165) is 27.1 Å². The SMILES string of the molecule is CSc1ccc(C2C(C#N)=C(N)Oc3cc(OC(=O)/C=C/c4ccc(C)cc4)ccc32)cc1. The molecule has 1 heterocycles. The van der Waals surface area contributed by atoms with Gasteiger partial charge in [0.2, 0.25) is 5.88 Å². The predicted octanol–water partition coefficient (Wildman–Crippen LogP) is 5.55. The van der Waals surface area contributed by atoms with E-state index in [0.29, 0.717) is 17.1 Å². The molecule has 0 radical (unpaired) electrons. The number of aryl methyl sites for hydroxylation is 1. The predicted molar refractivity (Wildman–Crippen MR) is 130 cm³/mol. The Labute approximate surface area is 197 Å². The molecule has 3 aromatic rings. The molecule has 0 aromatic heterocycles. The van der Waals surface area contributed by atoms with E-state index in [-0.39, 0.29) is 11.8 Å². The Morgan fingerprint density at radius 3 is 2.52 bits per heavy atom. The monoisotopic (exact) mass is 454 g/mol.